The van der Waals surface area contributed by atoms with E-state index in [4.69, 9.17) is 0 Å². The number of nitrogens with one attached hydrogen (secondary N) is 2. The van der Waals surface area contributed by atoms with Gasteiger partial charge in [0.15, 0.2) is 0 Å². The second-order valence-electron chi connectivity index (χ2n) is 5.95. The number of amides is 2. The second-order valence-corrected chi connectivity index (χ2v) is 5.95. The summed E-state index contributed by atoms with van der Waals surface area (Å²) in [6, 6.07) is 17.7. The Morgan fingerprint density at radius 1 is 0.808 bits per heavy atom. The van der Waals surface area contributed by atoms with Crippen molar-refractivity contribution in [2.24, 2.45) is 0 Å². The van der Waals surface area contributed by atoms with Crippen molar-refractivity contribution < 1.29 is 9.59 Å². The molecule has 3 rings (SSSR count). The average molecular weight is 345 g/mol. The fourth-order valence-electron chi connectivity index (χ4n) is 2.48. The van der Waals surface area contributed by atoms with E-state index in [9.17, 15) is 9.59 Å². The molecule has 0 spiro atoms. The predicted molar refractivity (Wildman–Crippen MR) is 103 cm³/mol. The van der Waals surface area contributed by atoms with Gasteiger partial charge in [0.1, 0.15) is 5.69 Å². The molecule has 0 aliphatic rings. The van der Waals surface area contributed by atoms with Crippen LogP contribution < -0.4 is 10.6 Å². The molecule has 2 N–H and O–H groups in total. The van der Waals surface area contributed by atoms with Gasteiger partial charge in [0, 0.05) is 23.1 Å². The van der Waals surface area contributed by atoms with Crippen molar-refractivity contribution in [2.75, 3.05) is 10.6 Å². The molecule has 2 aromatic carbocycles. The van der Waals surface area contributed by atoms with Crippen LogP contribution in [0.25, 0.3) is 0 Å². The van der Waals surface area contributed by atoms with Gasteiger partial charge in [-0.15, -0.1) is 0 Å². The minimum absolute atomic E-state index is 0.193. The number of aromatic nitrogens is 1. The first-order valence-corrected chi connectivity index (χ1v) is 8.24. The van der Waals surface area contributed by atoms with Crippen molar-refractivity contribution in [3.63, 3.8) is 0 Å². The fourth-order valence-corrected chi connectivity index (χ4v) is 2.48. The first-order chi connectivity index (χ1) is 12.5. The number of nitrogens with zero attached hydrogens (tertiary/aromatic N) is 1. The Labute approximate surface area is 152 Å². The Balaban J connectivity index is 1.68. The zero-order valence-electron chi connectivity index (χ0n) is 14.6. The van der Waals surface area contributed by atoms with E-state index in [1.807, 2.05) is 32.0 Å². The number of rotatable bonds is 4. The molecule has 2 amide bonds. The molecular weight excluding hydrogens is 326 g/mol. The first kappa shape index (κ1) is 17.4. The lowest BCUT2D eigenvalue weighted by atomic mass is 10.1. The normalized spacial score (nSPS) is 10.2. The minimum atomic E-state index is -0.293. The quantitative estimate of drug-likeness (QED) is 0.744. The summed E-state index contributed by atoms with van der Waals surface area (Å²) < 4.78 is 0. The summed E-state index contributed by atoms with van der Waals surface area (Å²) in [5, 5.41) is 5.67. The van der Waals surface area contributed by atoms with Gasteiger partial charge in [-0.25, -0.2) is 0 Å². The Kier molecular flexibility index (Phi) is 5.08. The summed E-state index contributed by atoms with van der Waals surface area (Å²) in [6.45, 7) is 3.98. The second kappa shape index (κ2) is 7.61. The summed E-state index contributed by atoms with van der Waals surface area (Å²) in [7, 11) is 0. The summed E-state index contributed by atoms with van der Waals surface area (Å²) in [6.07, 6.45) is 1.57. The van der Waals surface area contributed by atoms with Crippen molar-refractivity contribution in [1.29, 1.82) is 0 Å². The number of carbonyl (C=O) groups is 2. The minimum Gasteiger partial charge on any atom is -0.322 e. The predicted octanol–water partition coefficient (Wildman–Crippen LogP) is 4.20. The van der Waals surface area contributed by atoms with Gasteiger partial charge in [-0.3, -0.25) is 14.6 Å². The van der Waals surface area contributed by atoms with Crippen LogP contribution in [-0.2, 0) is 0 Å². The number of carbonyl (C=O) groups excluding carboxylic acids is 2. The maximum Gasteiger partial charge on any atom is 0.274 e. The van der Waals surface area contributed by atoms with Gasteiger partial charge in [0.25, 0.3) is 11.8 Å². The number of aryl methyl sites for hydroxylation is 1. The number of hydrogen-bond donors (Lipinski definition) is 2. The lowest BCUT2D eigenvalue weighted by Crippen LogP contribution is -2.15. The maximum absolute atomic E-state index is 12.4. The molecule has 0 bridgehead atoms. The highest BCUT2D eigenvalue weighted by molar-refractivity contribution is 6.06. The smallest absolute Gasteiger partial charge is 0.274 e. The van der Waals surface area contributed by atoms with E-state index in [1.54, 1.807) is 48.7 Å². The molecule has 0 aliphatic heterocycles. The molecule has 3 aromatic rings. The third-order valence-corrected chi connectivity index (χ3v) is 4.16. The van der Waals surface area contributed by atoms with Gasteiger partial charge in [0.2, 0.25) is 0 Å². The zero-order valence-corrected chi connectivity index (χ0v) is 14.6. The van der Waals surface area contributed by atoms with Crippen LogP contribution in [0.1, 0.15) is 32.0 Å². The molecular formula is C21H19N3O2. The third-order valence-electron chi connectivity index (χ3n) is 4.16. The van der Waals surface area contributed by atoms with Gasteiger partial charge in [-0.05, 0) is 67.4 Å². The topological polar surface area (TPSA) is 71.1 Å². The van der Waals surface area contributed by atoms with Crippen molar-refractivity contribution in [2.45, 2.75) is 13.8 Å². The van der Waals surface area contributed by atoms with E-state index in [0.29, 0.717) is 16.9 Å². The number of benzene rings is 2. The van der Waals surface area contributed by atoms with Gasteiger partial charge >= 0.3 is 0 Å². The third kappa shape index (κ3) is 3.95. The largest absolute Gasteiger partial charge is 0.322 e. The number of hydrogen-bond acceptors (Lipinski definition) is 3. The van der Waals surface area contributed by atoms with Crippen molar-refractivity contribution in [1.82, 2.24) is 4.98 Å². The first-order valence-electron chi connectivity index (χ1n) is 8.24. The molecule has 0 unspecified atom stereocenters. The van der Waals surface area contributed by atoms with Crippen LogP contribution in [0.3, 0.4) is 0 Å². The maximum atomic E-state index is 12.4. The Bertz CT molecular complexity index is 935. The molecule has 0 atom stereocenters. The molecule has 0 saturated carbocycles. The van der Waals surface area contributed by atoms with E-state index in [0.717, 1.165) is 16.8 Å². The summed E-state index contributed by atoms with van der Waals surface area (Å²) in [5.41, 5.74) is 4.41. The van der Waals surface area contributed by atoms with E-state index in [1.165, 1.54) is 0 Å². The van der Waals surface area contributed by atoms with Crippen LogP contribution >= 0.6 is 0 Å². The highest BCUT2D eigenvalue weighted by Crippen LogP contribution is 2.19. The van der Waals surface area contributed by atoms with Crippen LogP contribution in [0.5, 0.6) is 0 Å². The van der Waals surface area contributed by atoms with Crippen LogP contribution in [-0.4, -0.2) is 16.8 Å². The number of pyridine rings is 1. The molecule has 1 aromatic heterocycles. The van der Waals surface area contributed by atoms with Crippen molar-refractivity contribution in [3.05, 3.63) is 89.2 Å². The Morgan fingerprint density at radius 2 is 1.58 bits per heavy atom. The standard InChI is InChI=1S/C21H19N3O2/c1-14-6-5-8-18(15(14)2)24-20(25)16-9-11-17(12-10-16)23-21(26)19-7-3-4-13-22-19/h3-13H,1-2H3,(H,23,26)(H,24,25). The highest BCUT2D eigenvalue weighted by Gasteiger charge is 2.10. The summed E-state index contributed by atoms with van der Waals surface area (Å²) in [4.78, 5) is 28.5. The van der Waals surface area contributed by atoms with Crippen molar-refractivity contribution >= 4 is 23.2 Å². The van der Waals surface area contributed by atoms with E-state index in [-0.39, 0.29) is 11.8 Å². The fraction of sp³-hybridized carbons (Fsp3) is 0.0952. The molecule has 0 saturated heterocycles. The Hall–Kier alpha value is -3.47. The van der Waals surface area contributed by atoms with Gasteiger partial charge in [-0.1, -0.05) is 18.2 Å². The van der Waals surface area contributed by atoms with Gasteiger partial charge in [0.05, 0.1) is 0 Å². The van der Waals surface area contributed by atoms with Gasteiger partial charge in [-0.2, -0.15) is 0 Å². The van der Waals surface area contributed by atoms with E-state index in [2.05, 4.69) is 15.6 Å². The molecule has 26 heavy (non-hydrogen) atoms. The van der Waals surface area contributed by atoms with E-state index >= 15 is 0 Å². The van der Waals surface area contributed by atoms with Crippen LogP contribution in [0, 0.1) is 13.8 Å². The molecule has 0 fully saturated rings. The average Bonchev–Trinajstić information content (AvgIpc) is 2.66. The van der Waals surface area contributed by atoms with Crippen molar-refractivity contribution in [3.8, 4) is 0 Å². The molecule has 5 nitrogen and oxygen atoms in total. The van der Waals surface area contributed by atoms with Gasteiger partial charge < -0.3 is 10.6 Å². The Morgan fingerprint density at radius 3 is 2.27 bits per heavy atom. The van der Waals surface area contributed by atoms with E-state index < -0.39 is 0 Å². The summed E-state index contributed by atoms with van der Waals surface area (Å²) in [5.74, 6) is -0.487. The summed E-state index contributed by atoms with van der Waals surface area (Å²) >= 11 is 0. The molecule has 0 radical (unpaired) electrons. The number of anilines is 2. The highest BCUT2D eigenvalue weighted by atomic mass is 16.2. The zero-order chi connectivity index (χ0) is 18.5. The van der Waals surface area contributed by atoms with Crippen LogP contribution in [0.4, 0.5) is 11.4 Å². The molecule has 1 heterocycles. The molecule has 130 valence electrons. The lowest BCUT2D eigenvalue weighted by molar-refractivity contribution is 0.101. The monoisotopic (exact) mass is 345 g/mol. The van der Waals surface area contributed by atoms with Crippen LogP contribution in [0.2, 0.25) is 0 Å². The lowest BCUT2D eigenvalue weighted by Gasteiger charge is -2.11. The van der Waals surface area contributed by atoms with Crippen LogP contribution in [0.15, 0.2) is 66.9 Å². The SMILES string of the molecule is Cc1cccc(NC(=O)c2ccc(NC(=O)c3ccccn3)cc2)c1C. The molecule has 5 heteroatoms. The molecule has 0 aliphatic carbocycles.